The Labute approximate surface area is 68.7 Å². The molecule has 0 aromatic carbocycles. The van der Waals surface area contributed by atoms with Gasteiger partial charge in [-0.15, -0.1) is 0 Å². The monoisotopic (exact) mass is 154 g/mol. The fraction of sp³-hybridized carbons (Fsp3) is 1.00. The van der Waals surface area contributed by atoms with E-state index >= 15 is 0 Å². The van der Waals surface area contributed by atoms with Crippen molar-refractivity contribution < 1.29 is 0 Å². The molecule has 0 bridgehead atoms. The highest BCUT2D eigenvalue weighted by Crippen LogP contribution is 2.47. The predicted octanol–water partition coefficient (Wildman–Crippen LogP) is 0.820. The molecule has 1 saturated heterocycles. The first-order chi connectivity index (χ1) is 5.23. The van der Waals surface area contributed by atoms with Gasteiger partial charge in [-0.05, 0) is 51.2 Å². The SMILES string of the molecule is CN1CCC2(CC[C@H]2N)CC1. The number of hydrogen-bond donors (Lipinski definition) is 1. The normalized spacial score (nSPS) is 37.1. The van der Waals surface area contributed by atoms with Gasteiger partial charge in [0.05, 0.1) is 0 Å². The number of rotatable bonds is 0. The van der Waals surface area contributed by atoms with Crippen molar-refractivity contribution in [3.05, 3.63) is 0 Å². The van der Waals surface area contributed by atoms with E-state index in [9.17, 15) is 0 Å². The molecule has 0 unspecified atom stereocenters. The van der Waals surface area contributed by atoms with Crippen LogP contribution in [0.4, 0.5) is 0 Å². The molecule has 2 aliphatic rings. The van der Waals surface area contributed by atoms with Crippen LogP contribution in [0.3, 0.4) is 0 Å². The van der Waals surface area contributed by atoms with Gasteiger partial charge in [0.15, 0.2) is 0 Å². The van der Waals surface area contributed by atoms with E-state index in [4.69, 9.17) is 5.73 Å². The molecule has 2 N–H and O–H groups in total. The summed E-state index contributed by atoms with van der Waals surface area (Å²) in [4.78, 5) is 2.41. The molecule has 2 heteroatoms. The molecular formula is C9H18N2. The molecule has 1 saturated carbocycles. The maximum absolute atomic E-state index is 6.02. The zero-order valence-corrected chi connectivity index (χ0v) is 7.34. The maximum Gasteiger partial charge on any atom is 0.00967 e. The average molecular weight is 154 g/mol. The minimum absolute atomic E-state index is 0.524. The molecule has 1 aliphatic heterocycles. The second-order valence-electron chi connectivity index (χ2n) is 4.31. The first kappa shape index (κ1) is 7.56. The van der Waals surface area contributed by atoms with Crippen LogP contribution in [0.2, 0.25) is 0 Å². The summed E-state index contributed by atoms with van der Waals surface area (Å²) < 4.78 is 0. The summed E-state index contributed by atoms with van der Waals surface area (Å²) >= 11 is 0. The Morgan fingerprint density at radius 3 is 2.27 bits per heavy atom. The molecule has 0 amide bonds. The molecular weight excluding hydrogens is 136 g/mol. The van der Waals surface area contributed by atoms with Crippen LogP contribution in [0.15, 0.2) is 0 Å². The zero-order chi connectivity index (χ0) is 7.90. The molecule has 0 radical (unpaired) electrons. The van der Waals surface area contributed by atoms with Crippen molar-refractivity contribution >= 4 is 0 Å². The fourth-order valence-electron chi connectivity index (χ4n) is 2.40. The van der Waals surface area contributed by atoms with Gasteiger partial charge < -0.3 is 10.6 Å². The molecule has 2 fully saturated rings. The summed E-state index contributed by atoms with van der Waals surface area (Å²) in [6.45, 7) is 2.52. The van der Waals surface area contributed by atoms with E-state index in [2.05, 4.69) is 11.9 Å². The van der Waals surface area contributed by atoms with Crippen molar-refractivity contribution in [3.8, 4) is 0 Å². The van der Waals surface area contributed by atoms with Crippen LogP contribution in [0.5, 0.6) is 0 Å². The zero-order valence-electron chi connectivity index (χ0n) is 7.34. The van der Waals surface area contributed by atoms with Gasteiger partial charge in [0.1, 0.15) is 0 Å². The van der Waals surface area contributed by atoms with E-state index in [-0.39, 0.29) is 0 Å². The molecule has 0 aromatic heterocycles. The lowest BCUT2D eigenvalue weighted by Gasteiger charge is -2.52. The van der Waals surface area contributed by atoms with Crippen LogP contribution < -0.4 is 5.73 Å². The smallest absolute Gasteiger partial charge is 0.00967 e. The lowest BCUT2D eigenvalue weighted by molar-refractivity contribution is 0.0182. The highest BCUT2D eigenvalue weighted by Gasteiger charge is 2.45. The van der Waals surface area contributed by atoms with Gasteiger partial charge in [0.2, 0.25) is 0 Å². The Balaban J connectivity index is 1.96. The number of likely N-dealkylation sites (tertiary alicyclic amines) is 1. The van der Waals surface area contributed by atoms with Crippen molar-refractivity contribution in [2.45, 2.75) is 31.7 Å². The van der Waals surface area contributed by atoms with Gasteiger partial charge in [0, 0.05) is 6.04 Å². The molecule has 2 nitrogen and oxygen atoms in total. The molecule has 11 heavy (non-hydrogen) atoms. The lowest BCUT2D eigenvalue weighted by atomic mass is 9.60. The minimum Gasteiger partial charge on any atom is -0.327 e. The summed E-state index contributed by atoms with van der Waals surface area (Å²) in [5.74, 6) is 0. The van der Waals surface area contributed by atoms with E-state index in [0.29, 0.717) is 11.5 Å². The Bertz CT molecular complexity index is 148. The highest BCUT2D eigenvalue weighted by atomic mass is 15.1. The molecule has 1 heterocycles. The Morgan fingerprint density at radius 1 is 1.27 bits per heavy atom. The van der Waals surface area contributed by atoms with E-state index in [1.807, 2.05) is 0 Å². The summed E-state index contributed by atoms with van der Waals surface area (Å²) in [6, 6.07) is 0.524. The number of hydrogen-bond acceptors (Lipinski definition) is 2. The van der Waals surface area contributed by atoms with E-state index in [0.717, 1.165) is 0 Å². The quantitative estimate of drug-likeness (QED) is 0.559. The molecule has 1 spiro atoms. The summed E-state index contributed by atoms with van der Waals surface area (Å²) in [5.41, 5.74) is 6.59. The number of nitrogens with zero attached hydrogens (tertiary/aromatic N) is 1. The third kappa shape index (κ3) is 1.09. The van der Waals surface area contributed by atoms with Crippen LogP contribution in [-0.4, -0.2) is 31.1 Å². The Hall–Kier alpha value is -0.0800. The predicted molar refractivity (Wildman–Crippen MR) is 46.4 cm³/mol. The lowest BCUT2D eigenvalue weighted by Crippen LogP contribution is -2.55. The van der Waals surface area contributed by atoms with Gasteiger partial charge in [0.25, 0.3) is 0 Å². The topological polar surface area (TPSA) is 29.3 Å². The highest BCUT2D eigenvalue weighted by molar-refractivity contribution is 5.00. The molecule has 0 aromatic rings. The van der Waals surface area contributed by atoms with Gasteiger partial charge >= 0.3 is 0 Å². The van der Waals surface area contributed by atoms with Crippen molar-refractivity contribution in [1.82, 2.24) is 4.90 Å². The average Bonchev–Trinajstić information content (AvgIpc) is 2.03. The summed E-state index contributed by atoms with van der Waals surface area (Å²) in [7, 11) is 2.21. The van der Waals surface area contributed by atoms with Crippen molar-refractivity contribution in [2.24, 2.45) is 11.1 Å². The van der Waals surface area contributed by atoms with Crippen LogP contribution in [0.1, 0.15) is 25.7 Å². The Morgan fingerprint density at radius 2 is 1.91 bits per heavy atom. The van der Waals surface area contributed by atoms with E-state index in [1.54, 1.807) is 0 Å². The van der Waals surface area contributed by atoms with Crippen molar-refractivity contribution in [3.63, 3.8) is 0 Å². The first-order valence-corrected chi connectivity index (χ1v) is 4.67. The Kier molecular flexibility index (Phi) is 1.69. The van der Waals surface area contributed by atoms with Gasteiger partial charge in [-0.3, -0.25) is 0 Å². The first-order valence-electron chi connectivity index (χ1n) is 4.67. The fourth-order valence-corrected chi connectivity index (χ4v) is 2.40. The molecule has 2 rings (SSSR count). The second kappa shape index (κ2) is 2.46. The summed E-state index contributed by atoms with van der Waals surface area (Å²) in [5, 5.41) is 0. The van der Waals surface area contributed by atoms with Crippen LogP contribution in [0.25, 0.3) is 0 Å². The van der Waals surface area contributed by atoms with Gasteiger partial charge in [-0.25, -0.2) is 0 Å². The standard InChI is InChI=1S/C9H18N2/c1-11-6-4-9(5-7-11)3-2-8(9)10/h8H,2-7,10H2,1H3/t8-/m1/s1. The number of piperidine rings is 1. The van der Waals surface area contributed by atoms with Crippen molar-refractivity contribution in [2.75, 3.05) is 20.1 Å². The number of nitrogens with two attached hydrogens (primary N) is 1. The molecule has 1 aliphatic carbocycles. The largest absolute Gasteiger partial charge is 0.327 e. The van der Waals surface area contributed by atoms with E-state index < -0.39 is 0 Å². The van der Waals surface area contributed by atoms with Gasteiger partial charge in [-0.1, -0.05) is 0 Å². The molecule has 1 atom stereocenters. The molecule has 64 valence electrons. The van der Waals surface area contributed by atoms with Gasteiger partial charge in [-0.2, -0.15) is 0 Å². The van der Waals surface area contributed by atoms with Crippen LogP contribution >= 0.6 is 0 Å². The van der Waals surface area contributed by atoms with Crippen LogP contribution in [-0.2, 0) is 0 Å². The third-order valence-electron chi connectivity index (χ3n) is 3.72. The van der Waals surface area contributed by atoms with Crippen molar-refractivity contribution in [1.29, 1.82) is 0 Å². The minimum atomic E-state index is 0.524. The van der Waals surface area contributed by atoms with Crippen LogP contribution in [0, 0.1) is 5.41 Å². The third-order valence-corrected chi connectivity index (χ3v) is 3.72. The van der Waals surface area contributed by atoms with E-state index in [1.165, 1.54) is 38.8 Å². The second-order valence-corrected chi connectivity index (χ2v) is 4.31. The maximum atomic E-state index is 6.02. The summed E-state index contributed by atoms with van der Waals surface area (Å²) in [6.07, 6.45) is 5.33.